The number of ketones is 1. The van der Waals surface area contributed by atoms with E-state index in [4.69, 9.17) is 5.73 Å². The van der Waals surface area contributed by atoms with Gasteiger partial charge < -0.3 is 5.73 Å². The molecule has 1 fully saturated rings. The molecule has 84 valence electrons. The number of rotatable bonds is 3. The van der Waals surface area contributed by atoms with Crippen LogP contribution in [0.15, 0.2) is 11.6 Å². The molecule has 2 aliphatic rings. The van der Waals surface area contributed by atoms with Gasteiger partial charge in [-0.2, -0.15) is 0 Å². The van der Waals surface area contributed by atoms with E-state index in [1.165, 1.54) is 18.4 Å². The largest absolute Gasteiger partial charge is 0.319 e. The average molecular weight is 207 g/mol. The lowest BCUT2D eigenvalue weighted by Gasteiger charge is -2.32. The minimum Gasteiger partial charge on any atom is -0.319 e. The highest BCUT2D eigenvalue weighted by atomic mass is 16.1. The standard InChI is InChI=1S/C13H21NO/c14-13(8-4-1-5-9-13)12(15)10-11-6-2-3-7-11/h6H,1-5,7-10,14H2. The van der Waals surface area contributed by atoms with Gasteiger partial charge in [0.1, 0.15) is 0 Å². The Morgan fingerprint density at radius 1 is 1.27 bits per heavy atom. The van der Waals surface area contributed by atoms with Crippen LogP contribution in [-0.2, 0) is 4.79 Å². The molecule has 0 spiro atoms. The molecule has 0 radical (unpaired) electrons. The number of hydrogen-bond acceptors (Lipinski definition) is 2. The summed E-state index contributed by atoms with van der Waals surface area (Å²) in [5.41, 5.74) is 7.05. The van der Waals surface area contributed by atoms with Gasteiger partial charge in [-0.25, -0.2) is 0 Å². The SMILES string of the molecule is NC1(C(=O)CC2=CCCC2)CCCCC1. The summed E-state index contributed by atoms with van der Waals surface area (Å²) in [7, 11) is 0. The van der Waals surface area contributed by atoms with Crippen molar-refractivity contribution in [1.29, 1.82) is 0 Å². The van der Waals surface area contributed by atoms with E-state index < -0.39 is 5.54 Å². The number of carbonyl (C=O) groups is 1. The van der Waals surface area contributed by atoms with Crippen LogP contribution >= 0.6 is 0 Å². The van der Waals surface area contributed by atoms with E-state index in [-0.39, 0.29) is 5.78 Å². The van der Waals surface area contributed by atoms with Crippen LogP contribution in [0.1, 0.15) is 57.8 Å². The fourth-order valence-electron chi connectivity index (χ4n) is 2.74. The van der Waals surface area contributed by atoms with Crippen LogP contribution in [0.4, 0.5) is 0 Å². The quantitative estimate of drug-likeness (QED) is 0.723. The molecule has 0 amide bonds. The van der Waals surface area contributed by atoms with Crippen molar-refractivity contribution in [3.63, 3.8) is 0 Å². The number of Topliss-reactive ketones (excluding diaryl/α,β-unsaturated/α-hetero) is 1. The number of hydrogen-bond donors (Lipinski definition) is 1. The summed E-state index contributed by atoms with van der Waals surface area (Å²) in [6, 6.07) is 0. The molecular formula is C13H21NO. The highest BCUT2D eigenvalue weighted by Gasteiger charge is 2.34. The first-order valence-corrected chi connectivity index (χ1v) is 6.21. The Labute approximate surface area is 91.9 Å². The lowest BCUT2D eigenvalue weighted by molar-refractivity contribution is -0.124. The molecule has 0 saturated heterocycles. The third-order valence-electron chi connectivity index (χ3n) is 3.82. The lowest BCUT2D eigenvalue weighted by atomic mass is 9.77. The van der Waals surface area contributed by atoms with Crippen molar-refractivity contribution in [1.82, 2.24) is 0 Å². The summed E-state index contributed by atoms with van der Waals surface area (Å²) in [6.45, 7) is 0. The lowest BCUT2D eigenvalue weighted by Crippen LogP contribution is -2.49. The molecular weight excluding hydrogens is 186 g/mol. The molecule has 2 nitrogen and oxygen atoms in total. The molecule has 2 N–H and O–H groups in total. The van der Waals surface area contributed by atoms with E-state index in [2.05, 4.69) is 6.08 Å². The maximum Gasteiger partial charge on any atom is 0.156 e. The molecule has 0 aromatic heterocycles. The van der Waals surface area contributed by atoms with E-state index in [0.29, 0.717) is 6.42 Å². The van der Waals surface area contributed by atoms with Crippen LogP contribution < -0.4 is 5.73 Å². The molecule has 0 aromatic carbocycles. The first-order valence-electron chi connectivity index (χ1n) is 6.21. The second kappa shape index (κ2) is 4.48. The van der Waals surface area contributed by atoms with E-state index in [1.807, 2.05) is 0 Å². The second-order valence-corrected chi connectivity index (χ2v) is 5.07. The normalized spacial score (nSPS) is 25.0. The van der Waals surface area contributed by atoms with Crippen LogP contribution in [0.5, 0.6) is 0 Å². The van der Waals surface area contributed by atoms with Crippen molar-refractivity contribution in [3.8, 4) is 0 Å². The predicted molar refractivity (Wildman–Crippen MR) is 61.6 cm³/mol. The zero-order valence-corrected chi connectivity index (χ0v) is 9.43. The molecule has 0 aromatic rings. The summed E-state index contributed by atoms with van der Waals surface area (Å²) < 4.78 is 0. The van der Waals surface area contributed by atoms with Crippen LogP contribution in [0.3, 0.4) is 0 Å². The van der Waals surface area contributed by atoms with Gasteiger partial charge in [0.15, 0.2) is 5.78 Å². The Morgan fingerprint density at radius 2 is 2.00 bits per heavy atom. The average Bonchev–Trinajstić information content (AvgIpc) is 2.71. The maximum absolute atomic E-state index is 12.1. The highest BCUT2D eigenvalue weighted by Crippen LogP contribution is 2.30. The summed E-state index contributed by atoms with van der Waals surface area (Å²) in [5.74, 6) is 0.287. The molecule has 2 rings (SSSR count). The van der Waals surface area contributed by atoms with E-state index in [9.17, 15) is 4.79 Å². The Kier molecular flexibility index (Phi) is 3.25. The molecule has 2 aliphatic carbocycles. The van der Waals surface area contributed by atoms with Gasteiger partial charge in [-0.3, -0.25) is 4.79 Å². The van der Waals surface area contributed by atoms with E-state index >= 15 is 0 Å². The molecule has 0 bridgehead atoms. The Bertz CT molecular complexity index is 274. The molecule has 0 aliphatic heterocycles. The van der Waals surface area contributed by atoms with Crippen molar-refractivity contribution in [2.45, 2.75) is 63.3 Å². The molecule has 0 atom stereocenters. The first kappa shape index (κ1) is 10.9. The fourth-order valence-corrected chi connectivity index (χ4v) is 2.74. The summed E-state index contributed by atoms with van der Waals surface area (Å²) in [5, 5.41) is 0. The van der Waals surface area contributed by atoms with Crippen LogP contribution in [-0.4, -0.2) is 11.3 Å². The summed E-state index contributed by atoms with van der Waals surface area (Å²) in [4.78, 5) is 12.1. The third kappa shape index (κ3) is 2.49. The summed E-state index contributed by atoms with van der Waals surface area (Å²) in [6.07, 6.45) is 11.6. The molecule has 0 heterocycles. The Hall–Kier alpha value is -0.630. The fraction of sp³-hybridized carbons (Fsp3) is 0.769. The van der Waals surface area contributed by atoms with Crippen LogP contribution in [0.2, 0.25) is 0 Å². The van der Waals surface area contributed by atoms with E-state index in [0.717, 1.165) is 38.5 Å². The zero-order valence-electron chi connectivity index (χ0n) is 9.43. The zero-order chi connectivity index (χ0) is 10.7. The van der Waals surface area contributed by atoms with Gasteiger partial charge in [0.05, 0.1) is 5.54 Å². The number of nitrogens with two attached hydrogens (primary N) is 1. The number of allylic oxidation sites excluding steroid dienone is 2. The van der Waals surface area contributed by atoms with Crippen LogP contribution in [0, 0.1) is 0 Å². The van der Waals surface area contributed by atoms with Gasteiger partial charge in [-0.1, -0.05) is 30.9 Å². The summed E-state index contributed by atoms with van der Waals surface area (Å²) >= 11 is 0. The van der Waals surface area contributed by atoms with Crippen molar-refractivity contribution >= 4 is 5.78 Å². The van der Waals surface area contributed by atoms with Crippen molar-refractivity contribution in [2.75, 3.05) is 0 Å². The molecule has 15 heavy (non-hydrogen) atoms. The minimum absolute atomic E-state index is 0.287. The number of carbonyl (C=O) groups excluding carboxylic acids is 1. The highest BCUT2D eigenvalue weighted by molar-refractivity contribution is 5.90. The smallest absolute Gasteiger partial charge is 0.156 e. The van der Waals surface area contributed by atoms with Crippen molar-refractivity contribution in [3.05, 3.63) is 11.6 Å². The van der Waals surface area contributed by atoms with Gasteiger partial charge in [0.25, 0.3) is 0 Å². The van der Waals surface area contributed by atoms with Gasteiger partial charge in [-0.05, 0) is 32.1 Å². The second-order valence-electron chi connectivity index (χ2n) is 5.07. The predicted octanol–water partition coefficient (Wildman–Crippen LogP) is 2.72. The first-order chi connectivity index (χ1) is 7.21. The molecule has 1 saturated carbocycles. The van der Waals surface area contributed by atoms with Gasteiger partial charge in [-0.15, -0.1) is 0 Å². The van der Waals surface area contributed by atoms with Crippen molar-refractivity contribution < 1.29 is 4.79 Å². The van der Waals surface area contributed by atoms with Crippen molar-refractivity contribution in [2.24, 2.45) is 5.73 Å². The van der Waals surface area contributed by atoms with Gasteiger partial charge in [0.2, 0.25) is 0 Å². The van der Waals surface area contributed by atoms with E-state index in [1.54, 1.807) is 0 Å². The maximum atomic E-state index is 12.1. The Morgan fingerprint density at radius 3 is 2.60 bits per heavy atom. The molecule has 0 unspecified atom stereocenters. The van der Waals surface area contributed by atoms with Gasteiger partial charge >= 0.3 is 0 Å². The topological polar surface area (TPSA) is 43.1 Å². The molecule has 2 heteroatoms. The minimum atomic E-state index is -0.484. The third-order valence-corrected chi connectivity index (χ3v) is 3.82. The monoisotopic (exact) mass is 207 g/mol. The van der Waals surface area contributed by atoms with Gasteiger partial charge in [0, 0.05) is 6.42 Å². The van der Waals surface area contributed by atoms with Crippen LogP contribution in [0.25, 0.3) is 0 Å². The Balaban J connectivity index is 1.93.